The number of hydrogen-bond donors (Lipinski definition) is 2. The summed E-state index contributed by atoms with van der Waals surface area (Å²) in [6.45, 7) is 5.33. The quantitative estimate of drug-likeness (QED) is 0.400. The van der Waals surface area contributed by atoms with E-state index in [1.54, 1.807) is 19.9 Å². The first-order valence-corrected chi connectivity index (χ1v) is 9.56. The van der Waals surface area contributed by atoms with Gasteiger partial charge in [-0.3, -0.25) is 0 Å². The molecule has 9 heteroatoms. The number of nitrogens with two attached hydrogens (primary N) is 1. The lowest BCUT2D eigenvalue weighted by molar-refractivity contribution is -0.137. The van der Waals surface area contributed by atoms with E-state index in [9.17, 15) is 13.2 Å². The predicted molar refractivity (Wildman–Crippen MR) is 113 cm³/mol. The fourth-order valence-electron chi connectivity index (χ4n) is 3.63. The third-order valence-corrected chi connectivity index (χ3v) is 5.05. The number of fused-ring (bicyclic) bond motifs is 3. The van der Waals surface area contributed by atoms with Crippen molar-refractivity contribution in [2.75, 3.05) is 18.2 Å². The van der Waals surface area contributed by atoms with Gasteiger partial charge in [0.05, 0.1) is 29.6 Å². The zero-order chi connectivity index (χ0) is 22.5. The van der Waals surface area contributed by atoms with Gasteiger partial charge < -0.3 is 20.2 Å². The summed E-state index contributed by atoms with van der Waals surface area (Å²) in [6.07, 6.45) is -4.49. The third kappa shape index (κ3) is 3.83. The Morgan fingerprint density at radius 3 is 2.48 bits per heavy atom. The number of methoxy groups -OCH3 is 1. The fraction of sp³-hybridized carbons (Fsp3) is 0.273. The SMILES string of the molecule is COc1cc2c(N[C@H](C)c3cc(N)cc(C(F)(F)F)c3)nc(C)nc2c2cc(C)oc12. The highest BCUT2D eigenvalue weighted by molar-refractivity contribution is 6.09. The molecule has 6 nitrogen and oxygen atoms in total. The molecule has 0 amide bonds. The standard InChI is InChI=1S/C22H21F3N4O2/c1-10-5-16-19-17(9-18(30-4)20(16)31-10)21(29-12(3)28-19)27-11(2)13-6-14(22(23,24)25)8-15(26)7-13/h5-9,11H,26H2,1-4H3,(H,27,28,29)/t11-/m1/s1. The van der Waals surface area contributed by atoms with E-state index < -0.39 is 17.8 Å². The molecule has 0 aliphatic carbocycles. The molecule has 3 N–H and O–H groups in total. The van der Waals surface area contributed by atoms with Gasteiger partial charge in [0.1, 0.15) is 17.4 Å². The van der Waals surface area contributed by atoms with Crippen molar-refractivity contribution in [3.63, 3.8) is 0 Å². The van der Waals surface area contributed by atoms with Crippen LogP contribution in [-0.2, 0) is 6.18 Å². The van der Waals surface area contributed by atoms with Crippen molar-refractivity contribution in [3.05, 3.63) is 53.0 Å². The van der Waals surface area contributed by atoms with Gasteiger partial charge >= 0.3 is 6.18 Å². The summed E-state index contributed by atoms with van der Waals surface area (Å²) in [4.78, 5) is 9.05. The Hall–Kier alpha value is -3.49. The van der Waals surface area contributed by atoms with Crippen molar-refractivity contribution in [1.82, 2.24) is 9.97 Å². The van der Waals surface area contributed by atoms with Crippen LogP contribution < -0.4 is 15.8 Å². The van der Waals surface area contributed by atoms with Gasteiger partial charge in [-0.05, 0) is 56.7 Å². The van der Waals surface area contributed by atoms with Gasteiger partial charge in [-0.1, -0.05) is 0 Å². The van der Waals surface area contributed by atoms with Crippen molar-refractivity contribution in [2.45, 2.75) is 33.0 Å². The van der Waals surface area contributed by atoms with E-state index in [2.05, 4.69) is 15.3 Å². The van der Waals surface area contributed by atoms with E-state index in [1.165, 1.54) is 13.2 Å². The number of nitrogen functional groups attached to an aromatic ring is 1. The van der Waals surface area contributed by atoms with E-state index in [0.29, 0.717) is 45.2 Å². The average molecular weight is 430 g/mol. The van der Waals surface area contributed by atoms with Crippen molar-refractivity contribution < 1.29 is 22.3 Å². The third-order valence-electron chi connectivity index (χ3n) is 5.05. The summed E-state index contributed by atoms with van der Waals surface area (Å²) in [7, 11) is 1.54. The summed E-state index contributed by atoms with van der Waals surface area (Å²) >= 11 is 0. The van der Waals surface area contributed by atoms with Crippen molar-refractivity contribution >= 4 is 33.4 Å². The zero-order valence-electron chi connectivity index (χ0n) is 17.4. The van der Waals surface area contributed by atoms with Gasteiger partial charge in [0, 0.05) is 11.1 Å². The van der Waals surface area contributed by atoms with Gasteiger partial charge in [-0.2, -0.15) is 13.2 Å². The van der Waals surface area contributed by atoms with Gasteiger partial charge in [0.2, 0.25) is 0 Å². The number of benzene rings is 2. The number of furan rings is 1. The minimum atomic E-state index is -4.49. The number of aromatic nitrogens is 2. The lowest BCUT2D eigenvalue weighted by Gasteiger charge is -2.19. The Bertz CT molecular complexity index is 1300. The Labute approximate surface area is 176 Å². The van der Waals surface area contributed by atoms with Crippen LogP contribution in [0.1, 0.15) is 35.7 Å². The molecule has 2 aromatic heterocycles. The first kappa shape index (κ1) is 20.8. The molecular weight excluding hydrogens is 409 g/mol. The van der Waals surface area contributed by atoms with Crippen LogP contribution >= 0.6 is 0 Å². The van der Waals surface area contributed by atoms with Crippen LogP contribution in [0.2, 0.25) is 0 Å². The minimum absolute atomic E-state index is 0.0412. The molecule has 162 valence electrons. The van der Waals surface area contributed by atoms with Gasteiger partial charge in [-0.25, -0.2) is 9.97 Å². The molecule has 0 spiro atoms. The van der Waals surface area contributed by atoms with Crippen LogP contribution in [0.4, 0.5) is 24.7 Å². The second-order valence-electron chi connectivity index (χ2n) is 7.45. The molecular formula is C22H21F3N4O2. The highest BCUT2D eigenvalue weighted by Gasteiger charge is 2.31. The van der Waals surface area contributed by atoms with Crippen LogP contribution in [0.3, 0.4) is 0 Å². The number of ether oxygens (including phenoxy) is 1. The highest BCUT2D eigenvalue weighted by Crippen LogP contribution is 2.38. The summed E-state index contributed by atoms with van der Waals surface area (Å²) in [5, 5.41) is 4.65. The van der Waals surface area contributed by atoms with E-state index in [1.807, 2.05) is 13.0 Å². The Balaban J connectivity index is 1.83. The van der Waals surface area contributed by atoms with E-state index >= 15 is 0 Å². The molecule has 2 aromatic carbocycles. The van der Waals surface area contributed by atoms with Crippen molar-refractivity contribution in [1.29, 1.82) is 0 Å². The highest BCUT2D eigenvalue weighted by atomic mass is 19.4. The molecule has 0 bridgehead atoms. The summed E-state index contributed by atoms with van der Waals surface area (Å²) in [6, 6.07) is 6.64. The molecule has 4 rings (SSSR count). The van der Waals surface area contributed by atoms with Crippen LogP contribution in [0.25, 0.3) is 21.9 Å². The van der Waals surface area contributed by atoms with E-state index in [0.717, 1.165) is 17.5 Å². The average Bonchev–Trinajstić information content (AvgIpc) is 3.08. The first-order chi connectivity index (χ1) is 14.6. The van der Waals surface area contributed by atoms with Crippen LogP contribution in [0.5, 0.6) is 5.75 Å². The summed E-state index contributed by atoms with van der Waals surface area (Å²) in [5.74, 6) is 2.21. The largest absolute Gasteiger partial charge is 0.493 e. The normalized spacial score (nSPS) is 13.0. The molecule has 0 radical (unpaired) electrons. The molecule has 0 saturated heterocycles. The zero-order valence-corrected chi connectivity index (χ0v) is 17.4. The Morgan fingerprint density at radius 2 is 1.81 bits per heavy atom. The smallest absolute Gasteiger partial charge is 0.416 e. The van der Waals surface area contributed by atoms with Crippen LogP contribution in [0.15, 0.2) is 34.7 Å². The predicted octanol–water partition coefficient (Wildman–Crippen LogP) is 5.78. The summed E-state index contributed by atoms with van der Waals surface area (Å²) in [5.41, 5.74) is 6.61. The van der Waals surface area contributed by atoms with E-state index in [-0.39, 0.29) is 5.69 Å². The lowest BCUT2D eigenvalue weighted by Crippen LogP contribution is -2.13. The topological polar surface area (TPSA) is 86.2 Å². The second kappa shape index (κ2) is 7.33. The lowest BCUT2D eigenvalue weighted by atomic mass is 10.0. The molecule has 0 aliphatic rings. The maximum Gasteiger partial charge on any atom is 0.416 e. The number of nitrogens with zero attached hydrogens (tertiary/aromatic N) is 2. The minimum Gasteiger partial charge on any atom is -0.493 e. The van der Waals surface area contributed by atoms with Crippen molar-refractivity contribution in [3.8, 4) is 5.75 Å². The monoisotopic (exact) mass is 430 g/mol. The maximum atomic E-state index is 13.2. The molecule has 1 atom stereocenters. The molecule has 2 heterocycles. The Morgan fingerprint density at radius 1 is 1.06 bits per heavy atom. The second-order valence-corrected chi connectivity index (χ2v) is 7.45. The van der Waals surface area contributed by atoms with Crippen molar-refractivity contribution in [2.24, 2.45) is 0 Å². The molecule has 0 aliphatic heterocycles. The number of rotatable bonds is 4. The van der Waals surface area contributed by atoms with E-state index in [4.69, 9.17) is 14.9 Å². The molecule has 31 heavy (non-hydrogen) atoms. The molecule has 0 saturated carbocycles. The first-order valence-electron chi connectivity index (χ1n) is 9.56. The number of anilines is 2. The van der Waals surface area contributed by atoms with Gasteiger partial charge in [-0.15, -0.1) is 0 Å². The maximum absolute atomic E-state index is 13.2. The number of nitrogens with one attached hydrogen (secondary N) is 1. The fourth-order valence-corrected chi connectivity index (χ4v) is 3.63. The van der Waals surface area contributed by atoms with Gasteiger partial charge in [0.25, 0.3) is 0 Å². The number of halogens is 3. The summed E-state index contributed by atoms with van der Waals surface area (Å²) < 4.78 is 50.9. The number of hydrogen-bond acceptors (Lipinski definition) is 6. The van der Waals surface area contributed by atoms with Gasteiger partial charge in [0.15, 0.2) is 11.3 Å². The molecule has 0 fully saturated rings. The number of aryl methyl sites for hydroxylation is 2. The molecule has 0 unspecified atom stereocenters. The van der Waals surface area contributed by atoms with Crippen LogP contribution in [-0.4, -0.2) is 17.1 Å². The molecule has 4 aromatic rings. The number of alkyl halides is 3. The van der Waals surface area contributed by atoms with Crippen LogP contribution in [0, 0.1) is 13.8 Å². The Kier molecular flexibility index (Phi) is 4.91.